The molecule has 4 nitrogen and oxygen atoms in total. The van der Waals surface area contributed by atoms with E-state index in [-0.39, 0.29) is 0 Å². The molecule has 0 aromatic heterocycles. The molecule has 0 spiro atoms. The highest BCUT2D eigenvalue weighted by atomic mass is 16.5. The highest BCUT2D eigenvalue weighted by Crippen LogP contribution is 1.84. The fourth-order valence-corrected chi connectivity index (χ4v) is 1.12. The lowest BCUT2D eigenvalue weighted by molar-refractivity contribution is 0.0170. The molecule has 0 aliphatic rings. The Balaban J connectivity index is 3.03. The van der Waals surface area contributed by atoms with E-state index < -0.39 is 0 Å². The molecule has 0 saturated heterocycles. The van der Waals surface area contributed by atoms with Crippen molar-refractivity contribution in [1.29, 1.82) is 0 Å². The average Bonchev–Trinajstić information content (AvgIpc) is 2.39. The summed E-state index contributed by atoms with van der Waals surface area (Å²) in [5.74, 6) is 5.86. The molecule has 0 aliphatic carbocycles. The average molecular weight is 257 g/mol. The normalized spacial score (nSPS) is 10.4. The van der Waals surface area contributed by atoms with Gasteiger partial charge in [-0.1, -0.05) is 19.8 Å². The molecular weight excluding hydrogens is 230 g/mol. The minimum absolute atomic E-state index is 0.497. The summed E-state index contributed by atoms with van der Waals surface area (Å²) in [6, 6.07) is 0. The van der Waals surface area contributed by atoms with Gasteiger partial charge in [0.1, 0.15) is 6.61 Å². The molecule has 0 fully saturated rings. The van der Waals surface area contributed by atoms with Gasteiger partial charge in [0, 0.05) is 13.0 Å². The lowest BCUT2D eigenvalue weighted by Gasteiger charge is -2.13. The van der Waals surface area contributed by atoms with Crippen LogP contribution in [-0.4, -0.2) is 64.7 Å². The highest BCUT2D eigenvalue weighted by Gasteiger charge is 1.94. The van der Waals surface area contributed by atoms with Crippen molar-refractivity contribution in [1.82, 2.24) is 4.90 Å². The maximum atomic E-state index is 5.44. The zero-order valence-electron chi connectivity index (χ0n) is 12.0. The molecule has 0 unspecified atom stereocenters. The summed E-state index contributed by atoms with van der Waals surface area (Å²) in [7, 11) is 2.08. The molecule has 18 heavy (non-hydrogen) atoms. The molecule has 0 aliphatic heterocycles. The van der Waals surface area contributed by atoms with Gasteiger partial charge in [0.25, 0.3) is 0 Å². The first-order valence-corrected chi connectivity index (χ1v) is 6.68. The van der Waals surface area contributed by atoms with Crippen LogP contribution in [-0.2, 0) is 14.2 Å². The summed E-state index contributed by atoms with van der Waals surface area (Å²) in [5, 5.41) is 0. The third-order valence-corrected chi connectivity index (χ3v) is 2.38. The number of rotatable bonds is 11. The van der Waals surface area contributed by atoms with Crippen molar-refractivity contribution < 1.29 is 14.2 Å². The highest BCUT2D eigenvalue weighted by molar-refractivity contribution is 4.97. The zero-order chi connectivity index (χ0) is 13.5. The third-order valence-electron chi connectivity index (χ3n) is 2.38. The van der Waals surface area contributed by atoms with E-state index in [0.29, 0.717) is 33.0 Å². The largest absolute Gasteiger partial charge is 0.378 e. The van der Waals surface area contributed by atoms with Gasteiger partial charge in [0.2, 0.25) is 0 Å². The van der Waals surface area contributed by atoms with Crippen molar-refractivity contribution >= 4 is 0 Å². The van der Waals surface area contributed by atoms with Crippen LogP contribution in [0.15, 0.2) is 0 Å². The molecule has 4 heteroatoms. The summed E-state index contributed by atoms with van der Waals surface area (Å²) in [4.78, 5) is 2.21. The maximum absolute atomic E-state index is 5.44. The number of hydrogen-bond acceptors (Lipinski definition) is 4. The van der Waals surface area contributed by atoms with E-state index in [1.165, 1.54) is 0 Å². The first-order valence-electron chi connectivity index (χ1n) is 6.68. The van der Waals surface area contributed by atoms with E-state index in [1.807, 2.05) is 6.92 Å². The van der Waals surface area contributed by atoms with Crippen LogP contribution < -0.4 is 0 Å². The summed E-state index contributed by atoms with van der Waals surface area (Å²) < 4.78 is 16.1. The van der Waals surface area contributed by atoms with Gasteiger partial charge in [-0.15, -0.1) is 5.92 Å². The van der Waals surface area contributed by atoms with Crippen LogP contribution in [0.3, 0.4) is 0 Å². The van der Waals surface area contributed by atoms with Crippen molar-refractivity contribution in [3.05, 3.63) is 0 Å². The van der Waals surface area contributed by atoms with Gasteiger partial charge in [-0.05, 0) is 13.6 Å². The quantitative estimate of drug-likeness (QED) is 0.413. The molecule has 0 heterocycles. The predicted molar refractivity (Wildman–Crippen MR) is 73.7 cm³/mol. The van der Waals surface area contributed by atoms with E-state index in [9.17, 15) is 0 Å². The first-order chi connectivity index (χ1) is 8.81. The Bertz CT molecular complexity index is 223. The van der Waals surface area contributed by atoms with Gasteiger partial charge in [-0.2, -0.15) is 0 Å². The van der Waals surface area contributed by atoms with Gasteiger partial charge in [-0.25, -0.2) is 0 Å². The van der Waals surface area contributed by atoms with Crippen molar-refractivity contribution in [3.8, 4) is 11.8 Å². The lowest BCUT2D eigenvalue weighted by Crippen LogP contribution is -2.23. The Morgan fingerprint density at radius 1 is 0.833 bits per heavy atom. The van der Waals surface area contributed by atoms with Crippen molar-refractivity contribution in [3.63, 3.8) is 0 Å². The molecule has 0 radical (unpaired) electrons. The predicted octanol–water partition coefficient (Wildman–Crippen LogP) is 1.40. The number of ether oxygens (including phenoxy) is 3. The fraction of sp³-hybridized carbons (Fsp3) is 0.857. The topological polar surface area (TPSA) is 30.9 Å². The Morgan fingerprint density at radius 2 is 1.44 bits per heavy atom. The molecule has 106 valence electrons. The minimum atomic E-state index is 0.497. The second-order valence-electron chi connectivity index (χ2n) is 3.88. The lowest BCUT2D eigenvalue weighted by atomic mass is 10.5. The molecule has 0 rings (SSSR count). The smallest absolute Gasteiger partial charge is 0.107 e. The maximum Gasteiger partial charge on any atom is 0.107 e. The van der Waals surface area contributed by atoms with Crippen molar-refractivity contribution in [2.24, 2.45) is 0 Å². The standard InChI is InChI=1S/C14H27NO3/c1-4-6-7-9-16-11-13-18-14-12-17-10-8-15(3)5-2/h4-5,8-14H2,1-3H3. The summed E-state index contributed by atoms with van der Waals surface area (Å²) in [6.45, 7) is 9.90. The third kappa shape index (κ3) is 13.5. The van der Waals surface area contributed by atoms with Gasteiger partial charge in [-0.3, -0.25) is 0 Å². The van der Waals surface area contributed by atoms with Crippen molar-refractivity contribution in [2.75, 3.05) is 59.8 Å². The summed E-state index contributed by atoms with van der Waals surface area (Å²) in [5.41, 5.74) is 0. The van der Waals surface area contributed by atoms with E-state index in [0.717, 1.165) is 26.1 Å². The number of hydrogen-bond donors (Lipinski definition) is 0. The molecule has 0 bridgehead atoms. The van der Waals surface area contributed by atoms with Crippen LogP contribution >= 0.6 is 0 Å². The molecule has 0 aromatic rings. The first kappa shape index (κ1) is 17.4. The van der Waals surface area contributed by atoms with E-state index in [4.69, 9.17) is 14.2 Å². The van der Waals surface area contributed by atoms with E-state index in [1.54, 1.807) is 0 Å². The Hall–Kier alpha value is -0.600. The summed E-state index contributed by atoms with van der Waals surface area (Å²) in [6.07, 6.45) is 0.879. The van der Waals surface area contributed by atoms with Crippen LogP contribution in [0.2, 0.25) is 0 Å². The van der Waals surface area contributed by atoms with Gasteiger partial charge in [0.05, 0.1) is 33.0 Å². The van der Waals surface area contributed by atoms with Crippen LogP contribution in [0.5, 0.6) is 0 Å². The number of nitrogens with zero attached hydrogens (tertiary/aromatic N) is 1. The van der Waals surface area contributed by atoms with Gasteiger partial charge in [0.15, 0.2) is 0 Å². The Kier molecular flexibility index (Phi) is 14.0. The molecule has 0 N–H and O–H groups in total. The summed E-state index contributed by atoms with van der Waals surface area (Å²) >= 11 is 0. The zero-order valence-corrected chi connectivity index (χ0v) is 12.0. The van der Waals surface area contributed by atoms with Gasteiger partial charge < -0.3 is 19.1 Å². The molecule has 0 atom stereocenters. The molecule has 0 aromatic carbocycles. The van der Waals surface area contributed by atoms with E-state index >= 15 is 0 Å². The van der Waals surface area contributed by atoms with Crippen LogP contribution in [0, 0.1) is 11.8 Å². The van der Waals surface area contributed by atoms with Crippen LogP contribution in [0.25, 0.3) is 0 Å². The second kappa shape index (κ2) is 14.5. The van der Waals surface area contributed by atoms with Crippen LogP contribution in [0.4, 0.5) is 0 Å². The van der Waals surface area contributed by atoms with Gasteiger partial charge >= 0.3 is 0 Å². The minimum Gasteiger partial charge on any atom is -0.378 e. The molecular formula is C14H27NO3. The molecule has 0 saturated carbocycles. The fourth-order valence-electron chi connectivity index (χ4n) is 1.12. The van der Waals surface area contributed by atoms with Crippen LogP contribution in [0.1, 0.15) is 20.3 Å². The van der Waals surface area contributed by atoms with Crippen molar-refractivity contribution in [2.45, 2.75) is 20.3 Å². The Labute approximate surface area is 112 Å². The second-order valence-corrected chi connectivity index (χ2v) is 3.88. The SMILES string of the molecule is CCC#CCOCCOCCOCCN(C)CC. The monoisotopic (exact) mass is 257 g/mol. The Morgan fingerprint density at radius 3 is 2.06 bits per heavy atom. The molecule has 0 amide bonds. The number of likely N-dealkylation sites (N-methyl/N-ethyl adjacent to an activating group) is 1. The van der Waals surface area contributed by atoms with E-state index in [2.05, 4.69) is 30.7 Å².